The zero-order valence-electron chi connectivity index (χ0n) is 5.67. The van der Waals surface area contributed by atoms with Crippen molar-refractivity contribution < 1.29 is 15.0 Å². The van der Waals surface area contributed by atoms with Gasteiger partial charge in [0.05, 0.1) is 17.9 Å². The van der Waals surface area contributed by atoms with Crippen molar-refractivity contribution in [2.45, 2.75) is 18.6 Å². The van der Waals surface area contributed by atoms with Crippen molar-refractivity contribution in [2.75, 3.05) is 6.54 Å². The van der Waals surface area contributed by atoms with Gasteiger partial charge in [-0.3, -0.25) is 0 Å². The lowest BCUT2D eigenvalue weighted by Gasteiger charge is -2.11. The minimum Gasteiger partial charge on any atom is -0.480 e. The first kappa shape index (κ1) is 7.93. The summed E-state index contributed by atoms with van der Waals surface area (Å²) in [5.74, 6) is -1.12. The lowest BCUT2D eigenvalue weighted by Crippen LogP contribution is -2.31. The Labute approximate surface area is 62.4 Å². The van der Waals surface area contributed by atoms with Gasteiger partial charge in [-0.1, -0.05) is 0 Å². The number of carboxylic acid groups (broad SMARTS) is 1. The summed E-state index contributed by atoms with van der Waals surface area (Å²) in [6.45, 7) is 0.0144. The lowest BCUT2D eigenvalue weighted by atomic mass is 10.2. The summed E-state index contributed by atoms with van der Waals surface area (Å²) in [6.07, 6.45) is -0.685. The summed E-state index contributed by atoms with van der Waals surface area (Å²) in [4.78, 5) is 20.3. The Kier molecular flexibility index (Phi) is 2.04. The van der Waals surface area contributed by atoms with Crippen molar-refractivity contribution in [2.24, 2.45) is 5.29 Å². The van der Waals surface area contributed by atoms with Crippen LogP contribution >= 0.6 is 0 Å². The normalized spacial score (nSPS) is 30.5. The van der Waals surface area contributed by atoms with Crippen LogP contribution in [0.2, 0.25) is 0 Å². The Morgan fingerprint density at radius 3 is 2.64 bits per heavy atom. The van der Waals surface area contributed by atoms with E-state index in [-0.39, 0.29) is 13.0 Å². The van der Waals surface area contributed by atoms with Crippen molar-refractivity contribution in [3.05, 3.63) is 4.91 Å². The predicted octanol–water partition coefficient (Wildman–Crippen LogP) is -0.812. The Morgan fingerprint density at radius 1 is 1.64 bits per heavy atom. The Morgan fingerprint density at radius 2 is 2.27 bits per heavy atom. The van der Waals surface area contributed by atoms with E-state index in [1.165, 1.54) is 0 Å². The van der Waals surface area contributed by atoms with Gasteiger partial charge in [-0.25, -0.2) is 9.80 Å². The minimum atomic E-state index is -1.12. The number of aliphatic hydroxyl groups excluding tert-OH is 1. The summed E-state index contributed by atoms with van der Waals surface area (Å²) in [6, 6.07) is -0.956. The van der Waals surface area contributed by atoms with Crippen LogP contribution < -0.4 is 0 Å². The van der Waals surface area contributed by atoms with E-state index in [4.69, 9.17) is 10.2 Å². The number of aliphatic hydroxyl groups is 1. The highest BCUT2D eigenvalue weighted by molar-refractivity contribution is 5.73. The second-order valence-corrected chi connectivity index (χ2v) is 2.45. The smallest absolute Gasteiger partial charge is 0.328 e. The van der Waals surface area contributed by atoms with E-state index < -0.39 is 18.1 Å². The molecule has 11 heavy (non-hydrogen) atoms. The predicted molar refractivity (Wildman–Crippen MR) is 34.5 cm³/mol. The van der Waals surface area contributed by atoms with Gasteiger partial charge in [0.1, 0.15) is 6.04 Å². The summed E-state index contributed by atoms with van der Waals surface area (Å²) in [7, 11) is 0. The average molecular weight is 160 g/mol. The molecule has 1 rings (SSSR count). The van der Waals surface area contributed by atoms with Gasteiger partial charge in [0.2, 0.25) is 0 Å². The van der Waals surface area contributed by atoms with E-state index in [1.54, 1.807) is 0 Å². The zero-order chi connectivity index (χ0) is 8.43. The van der Waals surface area contributed by atoms with Crippen molar-refractivity contribution in [1.29, 1.82) is 0 Å². The van der Waals surface area contributed by atoms with E-state index in [0.717, 1.165) is 5.01 Å². The molecule has 0 radical (unpaired) electrons. The largest absolute Gasteiger partial charge is 0.480 e. The van der Waals surface area contributed by atoms with Gasteiger partial charge in [0.25, 0.3) is 0 Å². The van der Waals surface area contributed by atoms with Crippen molar-refractivity contribution in [3.8, 4) is 0 Å². The number of nitrogens with zero attached hydrogens (tertiary/aromatic N) is 2. The van der Waals surface area contributed by atoms with Crippen LogP contribution in [0.5, 0.6) is 0 Å². The van der Waals surface area contributed by atoms with E-state index in [0.29, 0.717) is 0 Å². The third kappa shape index (κ3) is 1.45. The molecule has 1 fully saturated rings. The first-order valence-electron chi connectivity index (χ1n) is 3.16. The quantitative estimate of drug-likeness (QED) is 0.515. The van der Waals surface area contributed by atoms with Crippen LogP contribution in [0.3, 0.4) is 0 Å². The van der Waals surface area contributed by atoms with Crippen molar-refractivity contribution >= 4 is 5.97 Å². The molecule has 0 aromatic carbocycles. The highest BCUT2D eigenvalue weighted by Gasteiger charge is 2.36. The molecule has 0 amide bonds. The van der Waals surface area contributed by atoms with E-state index >= 15 is 0 Å². The van der Waals surface area contributed by atoms with Crippen LogP contribution in [-0.2, 0) is 4.79 Å². The topological polar surface area (TPSA) is 90.2 Å². The molecule has 1 saturated heterocycles. The summed E-state index contributed by atoms with van der Waals surface area (Å²) >= 11 is 0. The third-order valence-corrected chi connectivity index (χ3v) is 1.64. The monoisotopic (exact) mass is 160 g/mol. The second kappa shape index (κ2) is 2.83. The molecule has 1 aliphatic rings. The molecular formula is C5H8N2O4. The molecule has 1 unspecified atom stereocenters. The fourth-order valence-electron chi connectivity index (χ4n) is 1.12. The molecule has 0 aromatic rings. The maximum Gasteiger partial charge on any atom is 0.328 e. The van der Waals surface area contributed by atoms with Crippen LogP contribution in [0, 0.1) is 4.91 Å². The molecule has 0 aliphatic carbocycles. The Balaban J connectivity index is 2.64. The molecule has 2 atom stereocenters. The number of carbonyl (C=O) groups is 1. The molecule has 6 nitrogen and oxygen atoms in total. The highest BCUT2D eigenvalue weighted by Crippen LogP contribution is 2.17. The van der Waals surface area contributed by atoms with Crippen LogP contribution in [-0.4, -0.2) is 39.9 Å². The van der Waals surface area contributed by atoms with E-state index in [2.05, 4.69) is 5.29 Å². The average Bonchev–Trinajstić information content (AvgIpc) is 2.30. The maximum atomic E-state index is 10.4. The third-order valence-electron chi connectivity index (χ3n) is 1.64. The van der Waals surface area contributed by atoms with Gasteiger partial charge in [-0.15, -0.1) is 4.91 Å². The standard InChI is InChI=1S/C5H8N2O4/c8-3-1-4(5(9)10)7(2-3)6-11/h3-4,8H,1-2H2,(H,9,10)/t3?,4-/m0/s1. The molecule has 62 valence electrons. The minimum absolute atomic E-state index is 0.0144. The molecular weight excluding hydrogens is 152 g/mol. The summed E-state index contributed by atoms with van der Waals surface area (Å²) in [5.41, 5.74) is 0. The molecule has 0 spiro atoms. The number of carboxylic acids is 1. The van der Waals surface area contributed by atoms with E-state index in [9.17, 15) is 9.70 Å². The fourth-order valence-corrected chi connectivity index (χ4v) is 1.12. The molecule has 6 heteroatoms. The van der Waals surface area contributed by atoms with Crippen LogP contribution in [0.15, 0.2) is 5.29 Å². The molecule has 2 N–H and O–H groups in total. The number of β-amino-alcohol motifs (C(OH)–C–C–N with tert-alkyl or cyclic N) is 1. The maximum absolute atomic E-state index is 10.4. The summed E-state index contributed by atoms with van der Waals surface area (Å²) < 4.78 is 0. The molecule has 0 bridgehead atoms. The van der Waals surface area contributed by atoms with Gasteiger partial charge in [0, 0.05) is 6.42 Å². The van der Waals surface area contributed by atoms with Crippen LogP contribution in [0.25, 0.3) is 0 Å². The molecule has 0 aromatic heterocycles. The lowest BCUT2D eigenvalue weighted by molar-refractivity contribution is -0.142. The number of hydrogen-bond donors (Lipinski definition) is 2. The van der Waals surface area contributed by atoms with Crippen LogP contribution in [0.4, 0.5) is 0 Å². The molecule has 1 aliphatic heterocycles. The Hall–Kier alpha value is -1.17. The van der Waals surface area contributed by atoms with Gasteiger partial charge in [0.15, 0.2) is 0 Å². The number of hydrogen-bond acceptors (Lipinski definition) is 4. The van der Waals surface area contributed by atoms with E-state index in [1.807, 2.05) is 0 Å². The number of aliphatic carboxylic acids is 1. The summed E-state index contributed by atoms with van der Waals surface area (Å²) in [5, 5.41) is 20.8. The Bertz CT molecular complexity index is 183. The second-order valence-electron chi connectivity index (χ2n) is 2.45. The van der Waals surface area contributed by atoms with Crippen LogP contribution in [0.1, 0.15) is 6.42 Å². The number of rotatable bonds is 2. The van der Waals surface area contributed by atoms with Gasteiger partial charge in [-0.2, -0.15) is 0 Å². The number of nitroso groups, excluding NO2 is 1. The molecule has 0 saturated carbocycles. The van der Waals surface area contributed by atoms with Crippen molar-refractivity contribution in [1.82, 2.24) is 5.01 Å². The molecule has 1 heterocycles. The SMILES string of the molecule is O=NN1CC(O)C[C@H]1C(=O)O. The highest BCUT2D eigenvalue weighted by atomic mass is 16.4. The van der Waals surface area contributed by atoms with Gasteiger partial charge >= 0.3 is 5.97 Å². The first-order valence-corrected chi connectivity index (χ1v) is 3.16. The van der Waals surface area contributed by atoms with Gasteiger partial charge in [-0.05, 0) is 0 Å². The van der Waals surface area contributed by atoms with Gasteiger partial charge < -0.3 is 10.2 Å². The first-order chi connectivity index (χ1) is 5.15. The zero-order valence-corrected chi connectivity index (χ0v) is 5.67. The fraction of sp³-hybridized carbons (Fsp3) is 0.800. The van der Waals surface area contributed by atoms with Crippen molar-refractivity contribution in [3.63, 3.8) is 0 Å².